The number of rotatable bonds is 4. The van der Waals surface area contributed by atoms with Crippen LogP contribution in [0.4, 0.5) is 0 Å². The van der Waals surface area contributed by atoms with Crippen LogP contribution in [0.2, 0.25) is 0 Å². The molecule has 6 nitrogen and oxygen atoms in total. The lowest BCUT2D eigenvalue weighted by atomic mass is 10.2. The number of nitrogens with two attached hydrogens (primary N) is 3. The molecular weight excluding hydrogens is 160 g/mol. The lowest BCUT2D eigenvalue weighted by molar-refractivity contribution is -0.375. The Bertz CT molecular complexity index is 208. The Labute approximate surface area is 69.7 Å². The van der Waals surface area contributed by atoms with Gasteiger partial charge in [-0.3, -0.25) is 16.5 Å². The van der Waals surface area contributed by atoms with Crippen molar-refractivity contribution >= 4 is 11.9 Å². The Morgan fingerprint density at radius 2 is 2.17 bits per heavy atom. The lowest BCUT2D eigenvalue weighted by Crippen LogP contribution is -2.72. The lowest BCUT2D eigenvalue weighted by Gasteiger charge is -2.07. The third-order valence-corrected chi connectivity index (χ3v) is 1.06. The number of carbonyl (C=O) groups is 1. The molecule has 0 saturated carbocycles. The molecule has 0 aliphatic rings. The second-order valence-corrected chi connectivity index (χ2v) is 2.16. The predicted molar refractivity (Wildman–Crippen MR) is 41.1 cm³/mol. The van der Waals surface area contributed by atoms with Crippen LogP contribution < -0.4 is 27.3 Å². The minimum atomic E-state index is -1.29. The molecule has 12 heavy (non-hydrogen) atoms. The zero-order valence-electron chi connectivity index (χ0n) is 6.49. The largest absolute Gasteiger partial charge is 0.548 e. The predicted octanol–water partition coefficient (Wildman–Crippen LogP) is -4.68. The zero-order valence-corrected chi connectivity index (χ0v) is 6.49. The zero-order chi connectivity index (χ0) is 9.56. The van der Waals surface area contributed by atoms with Gasteiger partial charge in [0.15, 0.2) is 0 Å². The van der Waals surface area contributed by atoms with Gasteiger partial charge in [-0.1, -0.05) is 6.08 Å². The molecule has 0 radical (unpaired) electrons. The van der Waals surface area contributed by atoms with Gasteiger partial charge in [-0.2, -0.15) is 0 Å². The molecule has 0 spiro atoms. The van der Waals surface area contributed by atoms with E-state index in [4.69, 9.17) is 17.2 Å². The SMILES string of the molecule is NC(N)=[NH+]/C=C/C[C@@H](N)C(=O)[O-]. The summed E-state index contributed by atoms with van der Waals surface area (Å²) in [4.78, 5) is 12.5. The number of aliphatic carboxylic acids is 1. The van der Waals surface area contributed by atoms with Gasteiger partial charge in [0.2, 0.25) is 0 Å². The molecule has 0 fully saturated rings. The molecule has 0 rings (SSSR count). The average molecular weight is 172 g/mol. The second kappa shape index (κ2) is 5.14. The van der Waals surface area contributed by atoms with Gasteiger partial charge in [0, 0.05) is 6.04 Å². The molecule has 0 aromatic carbocycles. The molecule has 0 aliphatic heterocycles. The van der Waals surface area contributed by atoms with Crippen LogP contribution in [0, 0.1) is 0 Å². The first-order chi connectivity index (χ1) is 5.54. The van der Waals surface area contributed by atoms with Crippen LogP contribution in [0.25, 0.3) is 0 Å². The van der Waals surface area contributed by atoms with Gasteiger partial charge < -0.3 is 15.6 Å². The summed E-state index contributed by atoms with van der Waals surface area (Å²) in [5.41, 5.74) is 15.2. The summed E-state index contributed by atoms with van der Waals surface area (Å²) in [6.45, 7) is 0. The van der Waals surface area contributed by atoms with Gasteiger partial charge in [0.25, 0.3) is 0 Å². The van der Waals surface area contributed by atoms with Crippen molar-refractivity contribution in [3.63, 3.8) is 0 Å². The monoisotopic (exact) mass is 172 g/mol. The minimum Gasteiger partial charge on any atom is -0.548 e. The Balaban J connectivity index is 3.75. The molecule has 0 bridgehead atoms. The van der Waals surface area contributed by atoms with E-state index in [2.05, 4.69) is 4.99 Å². The highest BCUT2D eigenvalue weighted by Crippen LogP contribution is 1.85. The van der Waals surface area contributed by atoms with Crippen LogP contribution in [-0.4, -0.2) is 18.0 Å². The van der Waals surface area contributed by atoms with Crippen LogP contribution in [0.5, 0.6) is 0 Å². The van der Waals surface area contributed by atoms with E-state index < -0.39 is 12.0 Å². The molecule has 0 aromatic rings. The van der Waals surface area contributed by atoms with E-state index >= 15 is 0 Å². The highest BCUT2D eigenvalue weighted by Gasteiger charge is 1.98. The molecule has 0 aromatic heterocycles. The van der Waals surface area contributed by atoms with Crippen molar-refractivity contribution in [1.82, 2.24) is 0 Å². The molecule has 68 valence electrons. The smallest absolute Gasteiger partial charge is 0.343 e. The van der Waals surface area contributed by atoms with Crippen molar-refractivity contribution in [2.45, 2.75) is 12.5 Å². The standard InChI is InChI=1S/C6H12N4O2/c7-4(5(11)12)2-1-3-10-6(8)9/h1,3-4H,2,7H2,(H,11,12)(H4,8,9,10)/b3-1+/t4-/m1/s1. The molecule has 7 N–H and O–H groups in total. The molecule has 6 heteroatoms. The quantitative estimate of drug-likeness (QED) is 0.250. The van der Waals surface area contributed by atoms with Crippen LogP contribution in [0.3, 0.4) is 0 Å². The first-order valence-electron chi connectivity index (χ1n) is 3.30. The van der Waals surface area contributed by atoms with E-state index in [0.717, 1.165) is 0 Å². The van der Waals surface area contributed by atoms with Gasteiger partial charge in [-0.15, -0.1) is 0 Å². The maximum Gasteiger partial charge on any atom is 0.343 e. The minimum absolute atomic E-state index is 0.0354. The van der Waals surface area contributed by atoms with Crippen LogP contribution >= 0.6 is 0 Å². The van der Waals surface area contributed by atoms with Gasteiger partial charge in [-0.05, 0) is 6.42 Å². The number of carbonyl (C=O) groups excluding carboxylic acids is 1. The van der Waals surface area contributed by atoms with Gasteiger partial charge in [0.1, 0.15) is 0 Å². The molecule has 0 unspecified atom stereocenters. The summed E-state index contributed by atoms with van der Waals surface area (Å²) in [6, 6.07) is -0.998. The van der Waals surface area contributed by atoms with Crippen LogP contribution in [0.1, 0.15) is 6.42 Å². The van der Waals surface area contributed by atoms with E-state index in [1.54, 1.807) is 0 Å². The van der Waals surface area contributed by atoms with Crippen molar-refractivity contribution in [3.8, 4) is 0 Å². The number of carboxylic acids is 1. The summed E-state index contributed by atoms with van der Waals surface area (Å²) in [7, 11) is 0. The summed E-state index contributed by atoms with van der Waals surface area (Å²) < 4.78 is 0. The molecule has 0 saturated heterocycles. The maximum atomic E-state index is 10.1. The first-order valence-corrected chi connectivity index (χ1v) is 3.30. The van der Waals surface area contributed by atoms with E-state index in [0.29, 0.717) is 0 Å². The highest BCUT2D eigenvalue weighted by molar-refractivity contribution is 5.71. The topological polar surface area (TPSA) is 132 Å². The highest BCUT2D eigenvalue weighted by atomic mass is 16.4. The molecule has 0 amide bonds. The van der Waals surface area contributed by atoms with E-state index in [9.17, 15) is 9.90 Å². The maximum absolute atomic E-state index is 10.1. The van der Waals surface area contributed by atoms with Crippen LogP contribution in [0.15, 0.2) is 12.3 Å². The third-order valence-electron chi connectivity index (χ3n) is 1.06. The van der Waals surface area contributed by atoms with Crippen molar-refractivity contribution in [1.29, 1.82) is 0 Å². The van der Waals surface area contributed by atoms with E-state index in [1.807, 2.05) is 0 Å². The number of hydrogen-bond acceptors (Lipinski definition) is 3. The van der Waals surface area contributed by atoms with Gasteiger partial charge >= 0.3 is 5.96 Å². The summed E-state index contributed by atoms with van der Waals surface area (Å²) >= 11 is 0. The fraction of sp³-hybridized carbons (Fsp3) is 0.333. The van der Waals surface area contributed by atoms with Gasteiger partial charge in [-0.25, -0.2) is 0 Å². The normalized spacial score (nSPS) is 12.8. The van der Waals surface area contributed by atoms with E-state index in [1.165, 1.54) is 12.3 Å². The summed E-state index contributed by atoms with van der Waals surface area (Å²) in [6.07, 6.45) is 3.08. The Hall–Kier alpha value is -1.56. The Morgan fingerprint density at radius 3 is 2.58 bits per heavy atom. The van der Waals surface area contributed by atoms with Crippen LogP contribution in [-0.2, 0) is 4.79 Å². The molecule has 0 heterocycles. The molecule has 0 aliphatic carbocycles. The number of guanidine groups is 1. The second-order valence-electron chi connectivity index (χ2n) is 2.16. The van der Waals surface area contributed by atoms with Crippen molar-refractivity contribution in [2.75, 3.05) is 0 Å². The Kier molecular flexibility index (Phi) is 4.47. The fourth-order valence-corrected chi connectivity index (χ4v) is 0.466. The average Bonchev–Trinajstić information content (AvgIpc) is 1.97. The van der Waals surface area contributed by atoms with Crippen molar-refractivity contribution in [2.24, 2.45) is 17.2 Å². The molecule has 1 atom stereocenters. The number of carboxylic acid groups (broad SMARTS) is 1. The van der Waals surface area contributed by atoms with Crippen molar-refractivity contribution in [3.05, 3.63) is 12.3 Å². The summed E-state index contributed by atoms with van der Waals surface area (Å²) in [5.74, 6) is -1.25. The van der Waals surface area contributed by atoms with Crippen molar-refractivity contribution < 1.29 is 14.9 Å². The van der Waals surface area contributed by atoms with Gasteiger partial charge in [0.05, 0.1) is 12.2 Å². The Morgan fingerprint density at radius 1 is 1.58 bits per heavy atom. The third kappa shape index (κ3) is 5.24. The van der Waals surface area contributed by atoms with E-state index in [-0.39, 0.29) is 12.4 Å². The number of nitrogens with one attached hydrogen (secondary N) is 1. The molecular formula is C6H12N4O2. The number of hydrogen-bond donors (Lipinski definition) is 4. The summed E-state index contributed by atoms with van der Waals surface area (Å²) in [5, 5.41) is 10.1. The first kappa shape index (κ1) is 10.4. The fourth-order valence-electron chi connectivity index (χ4n) is 0.466.